The maximum atomic E-state index is 12.3. The fourth-order valence-electron chi connectivity index (χ4n) is 3.46. The largest absolute Gasteiger partial charge is 0.399 e. The topological polar surface area (TPSA) is 75.4 Å². The second-order valence-electron chi connectivity index (χ2n) is 6.17. The second-order valence-corrected chi connectivity index (χ2v) is 7.93. The van der Waals surface area contributed by atoms with Crippen molar-refractivity contribution >= 4 is 15.7 Å². The molecule has 2 atom stereocenters. The summed E-state index contributed by atoms with van der Waals surface area (Å²) < 4.78 is 27.5. The molecule has 3 rings (SSSR count). The van der Waals surface area contributed by atoms with E-state index < -0.39 is 10.0 Å². The molecule has 2 unspecified atom stereocenters. The predicted octanol–water partition coefficient (Wildman–Crippen LogP) is 1.31. The van der Waals surface area contributed by atoms with Crippen LogP contribution in [-0.2, 0) is 15.8 Å². The Hall–Kier alpha value is -1.11. The van der Waals surface area contributed by atoms with Gasteiger partial charge in [0.1, 0.15) is 0 Å². The molecular formula is C15H23N3O2S. The second kappa shape index (κ2) is 5.94. The van der Waals surface area contributed by atoms with Gasteiger partial charge < -0.3 is 10.6 Å². The Bertz CT molecular complexity index is 585. The van der Waals surface area contributed by atoms with E-state index in [9.17, 15) is 8.42 Å². The minimum Gasteiger partial charge on any atom is -0.399 e. The van der Waals surface area contributed by atoms with E-state index in [1.165, 1.54) is 19.4 Å². The van der Waals surface area contributed by atoms with Gasteiger partial charge in [0.25, 0.3) is 0 Å². The van der Waals surface area contributed by atoms with Crippen molar-refractivity contribution in [1.82, 2.24) is 9.62 Å². The van der Waals surface area contributed by atoms with Crippen molar-refractivity contribution in [3.63, 3.8) is 0 Å². The number of piperidine rings is 1. The summed E-state index contributed by atoms with van der Waals surface area (Å²) in [5.41, 5.74) is 7.04. The summed E-state index contributed by atoms with van der Waals surface area (Å²) in [5.74, 6) is 0.0260. The van der Waals surface area contributed by atoms with E-state index in [1.807, 2.05) is 0 Å². The molecule has 1 aromatic rings. The third-order valence-corrected chi connectivity index (χ3v) is 5.91. The molecule has 2 heterocycles. The van der Waals surface area contributed by atoms with Crippen LogP contribution in [0.15, 0.2) is 24.3 Å². The number of nitrogens with one attached hydrogen (secondary N) is 1. The van der Waals surface area contributed by atoms with E-state index in [1.54, 1.807) is 24.3 Å². The lowest BCUT2D eigenvalue weighted by atomic mass is 9.99. The third kappa shape index (κ3) is 3.75. The Morgan fingerprint density at radius 1 is 1.19 bits per heavy atom. The molecule has 0 aromatic heterocycles. The van der Waals surface area contributed by atoms with Crippen LogP contribution in [0.1, 0.15) is 31.2 Å². The zero-order valence-electron chi connectivity index (χ0n) is 12.2. The highest BCUT2D eigenvalue weighted by Gasteiger charge is 2.33. The molecule has 116 valence electrons. The average molecular weight is 309 g/mol. The SMILES string of the molecule is Nc1ccc(CS(=O)(=O)NC2CCN3CCCC3C2)cc1. The molecule has 3 N–H and O–H groups in total. The van der Waals surface area contributed by atoms with Crippen molar-refractivity contribution in [1.29, 1.82) is 0 Å². The summed E-state index contributed by atoms with van der Waals surface area (Å²) in [5, 5.41) is 0. The molecule has 6 heteroatoms. The van der Waals surface area contributed by atoms with Crippen LogP contribution in [0.2, 0.25) is 0 Å². The van der Waals surface area contributed by atoms with Crippen LogP contribution < -0.4 is 10.5 Å². The van der Waals surface area contributed by atoms with Gasteiger partial charge in [-0.1, -0.05) is 12.1 Å². The fraction of sp³-hybridized carbons (Fsp3) is 0.600. The van der Waals surface area contributed by atoms with Crippen LogP contribution >= 0.6 is 0 Å². The molecule has 0 bridgehead atoms. The summed E-state index contributed by atoms with van der Waals surface area (Å²) in [6.07, 6.45) is 4.31. The van der Waals surface area contributed by atoms with Gasteiger partial charge >= 0.3 is 0 Å². The van der Waals surface area contributed by atoms with Gasteiger partial charge in [0.2, 0.25) is 10.0 Å². The molecule has 0 radical (unpaired) electrons. The van der Waals surface area contributed by atoms with E-state index in [-0.39, 0.29) is 11.8 Å². The molecule has 1 aromatic carbocycles. The predicted molar refractivity (Wildman–Crippen MR) is 84.2 cm³/mol. The van der Waals surface area contributed by atoms with E-state index in [0.29, 0.717) is 11.7 Å². The van der Waals surface area contributed by atoms with Crippen LogP contribution in [0.25, 0.3) is 0 Å². The quantitative estimate of drug-likeness (QED) is 0.823. The minimum atomic E-state index is -3.29. The van der Waals surface area contributed by atoms with Crippen molar-refractivity contribution in [3.05, 3.63) is 29.8 Å². The molecule has 0 spiro atoms. The normalized spacial score (nSPS) is 26.7. The van der Waals surface area contributed by atoms with Crippen LogP contribution in [0.5, 0.6) is 0 Å². The number of benzene rings is 1. The number of rotatable bonds is 4. The molecular weight excluding hydrogens is 286 g/mol. The summed E-state index contributed by atoms with van der Waals surface area (Å²) in [6.45, 7) is 2.19. The molecule has 2 aliphatic heterocycles. The zero-order valence-corrected chi connectivity index (χ0v) is 13.0. The first-order valence-corrected chi connectivity index (χ1v) is 9.25. The first-order valence-electron chi connectivity index (χ1n) is 7.60. The monoisotopic (exact) mass is 309 g/mol. The minimum absolute atomic E-state index is 0.0260. The molecule has 0 aliphatic carbocycles. The number of sulfonamides is 1. The number of hydrogen-bond acceptors (Lipinski definition) is 4. The van der Waals surface area contributed by atoms with Gasteiger partial charge in [-0.15, -0.1) is 0 Å². The molecule has 5 nitrogen and oxygen atoms in total. The Morgan fingerprint density at radius 3 is 2.71 bits per heavy atom. The Morgan fingerprint density at radius 2 is 1.95 bits per heavy atom. The van der Waals surface area contributed by atoms with E-state index in [0.717, 1.165) is 24.9 Å². The molecule has 0 amide bonds. The van der Waals surface area contributed by atoms with Gasteiger partial charge in [0, 0.05) is 17.8 Å². The highest BCUT2D eigenvalue weighted by Crippen LogP contribution is 2.27. The Balaban J connectivity index is 1.59. The lowest BCUT2D eigenvalue weighted by Gasteiger charge is -2.34. The summed E-state index contributed by atoms with van der Waals surface area (Å²) in [7, 11) is -3.29. The number of nitrogens with zero attached hydrogens (tertiary/aromatic N) is 1. The summed E-state index contributed by atoms with van der Waals surface area (Å²) in [4.78, 5) is 2.49. The third-order valence-electron chi connectivity index (χ3n) is 4.50. The summed E-state index contributed by atoms with van der Waals surface area (Å²) in [6, 6.07) is 7.68. The molecule has 0 saturated carbocycles. The van der Waals surface area contributed by atoms with Crippen LogP contribution in [0.4, 0.5) is 5.69 Å². The Kier molecular flexibility index (Phi) is 4.19. The van der Waals surface area contributed by atoms with E-state index >= 15 is 0 Å². The molecule has 2 fully saturated rings. The average Bonchev–Trinajstić information content (AvgIpc) is 2.88. The van der Waals surface area contributed by atoms with Gasteiger partial charge in [-0.3, -0.25) is 0 Å². The first-order chi connectivity index (χ1) is 10.0. The lowest BCUT2D eigenvalue weighted by molar-refractivity contribution is 0.176. The number of nitrogens with two attached hydrogens (primary N) is 1. The molecule has 21 heavy (non-hydrogen) atoms. The molecule has 2 saturated heterocycles. The van der Waals surface area contributed by atoms with Crippen LogP contribution in [0, 0.1) is 0 Å². The van der Waals surface area contributed by atoms with Crippen molar-refractivity contribution in [2.75, 3.05) is 18.8 Å². The number of nitrogen functional groups attached to an aromatic ring is 1. The standard InChI is InChI=1S/C15H23N3O2S/c16-13-5-3-12(4-6-13)11-21(19,20)17-14-7-9-18-8-1-2-15(18)10-14/h3-6,14-15,17H,1-2,7-11,16H2. The van der Waals surface area contributed by atoms with Crippen molar-refractivity contribution < 1.29 is 8.42 Å². The van der Waals surface area contributed by atoms with Crippen molar-refractivity contribution in [2.45, 2.75) is 43.5 Å². The van der Waals surface area contributed by atoms with Crippen molar-refractivity contribution in [3.8, 4) is 0 Å². The van der Waals surface area contributed by atoms with E-state index in [2.05, 4.69) is 9.62 Å². The smallest absolute Gasteiger partial charge is 0.216 e. The van der Waals surface area contributed by atoms with Crippen LogP contribution in [-0.4, -0.2) is 38.5 Å². The maximum Gasteiger partial charge on any atom is 0.216 e. The fourth-order valence-corrected chi connectivity index (χ4v) is 4.90. The van der Waals surface area contributed by atoms with Gasteiger partial charge in [0.15, 0.2) is 0 Å². The highest BCUT2D eigenvalue weighted by atomic mass is 32.2. The Labute approximate surface area is 126 Å². The van der Waals surface area contributed by atoms with E-state index in [4.69, 9.17) is 5.73 Å². The summed E-state index contributed by atoms with van der Waals surface area (Å²) >= 11 is 0. The van der Waals surface area contributed by atoms with Crippen LogP contribution in [0.3, 0.4) is 0 Å². The first kappa shape index (κ1) is 14.8. The zero-order chi connectivity index (χ0) is 14.9. The maximum absolute atomic E-state index is 12.3. The number of hydrogen-bond donors (Lipinski definition) is 2. The molecule has 2 aliphatic rings. The van der Waals surface area contributed by atoms with Gasteiger partial charge in [-0.05, 0) is 56.5 Å². The lowest BCUT2D eigenvalue weighted by Crippen LogP contribution is -2.47. The highest BCUT2D eigenvalue weighted by molar-refractivity contribution is 7.88. The van der Waals surface area contributed by atoms with Gasteiger partial charge in [0.05, 0.1) is 5.75 Å². The number of anilines is 1. The van der Waals surface area contributed by atoms with Crippen molar-refractivity contribution in [2.24, 2.45) is 0 Å². The van der Waals surface area contributed by atoms with Gasteiger partial charge in [-0.2, -0.15) is 0 Å². The number of fused-ring (bicyclic) bond motifs is 1. The van der Waals surface area contributed by atoms with Gasteiger partial charge in [-0.25, -0.2) is 13.1 Å².